The van der Waals surface area contributed by atoms with Crippen molar-refractivity contribution < 1.29 is 9.53 Å². The van der Waals surface area contributed by atoms with Crippen molar-refractivity contribution in [1.82, 2.24) is 10.3 Å². The first-order chi connectivity index (χ1) is 11.3. The number of methoxy groups -OCH3 is 1. The summed E-state index contributed by atoms with van der Waals surface area (Å²) in [7, 11) is 1.64. The van der Waals surface area contributed by atoms with Crippen LogP contribution in [-0.2, 0) is 6.54 Å². The SMILES string of the molecule is COc1ccc(-c2ccc(C(=O)NCc3cccnc3)s2)cc1. The number of nitrogens with one attached hydrogen (secondary N) is 1. The molecule has 0 aliphatic heterocycles. The molecule has 5 heteroatoms. The minimum Gasteiger partial charge on any atom is -0.497 e. The summed E-state index contributed by atoms with van der Waals surface area (Å²) < 4.78 is 5.16. The number of amides is 1. The van der Waals surface area contributed by atoms with Crippen LogP contribution in [0.3, 0.4) is 0 Å². The van der Waals surface area contributed by atoms with E-state index in [1.54, 1.807) is 19.5 Å². The van der Waals surface area contributed by atoms with Crippen molar-refractivity contribution in [2.24, 2.45) is 0 Å². The highest BCUT2D eigenvalue weighted by Crippen LogP contribution is 2.29. The molecule has 1 N–H and O–H groups in total. The maximum atomic E-state index is 12.2. The number of carbonyl (C=O) groups excluding carboxylic acids is 1. The molecule has 1 aromatic carbocycles. The molecule has 0 bridgehead atoms. The zero-order valence-corrected chi connectivity index (χ0v) is 13.5. The van der Waals surface area contributed by atoms with E-state index in [1.807, 2.05) is 48.5 Å². The third kappa shape index (κ3) is 3.76. The minimum absolute atomic E-state index is 0.0707. The van der Waals surface area contributed by atoms with E-state index in [9.17, 15) is 4.79 Å². The average Bonchev–Trinajstić information content (AvgIpc) is 3.11. The molecule has 3 aromatic rings. The zero-order valence-electron chi connectivity index (χ0n) is 12.7. The molecule has 0 aliphatic rings. The number of hydrogen-bond acceptors (Lipinski definition) is 4. The van der Waals surface area contributed by atoms with Crippen LogP contribution >= 0.6 is 11.3 Å². The van der Waals surface area contributed by atoms with Gasteiger partial charge in [-0.1, -0.05) is 6.07 Å². The third-order valence-corrected chi connectivity index (χ3v) is 4.51. The number of thiophene rings is 1. The lowest BCUT2D eigenvalue weighted by atomic mass is 10.2. The lowest BCUT2D eigenvalue weighted by Gasteiger charge is -2.03. The Kier molecular flexibility index (Phi) is 4.68. The molecule has 0 aliphatic carbocycles. The van der Waals surface area contributed by atoms with Gasteiger partial charge < -0.3 is 10.1 Å². The minimum atomic E-state index is -0.0707. The lowest BCUT2D eigenvalue weighted by Crippen LogP contribution is -2.21. The van der Waals surface area contributed by atoms with Crippen LogP contribution in [0.1, 0.15) is 15.2 Å². The van der Waals surface area contributed by atoms with Gasteiger partial charge >= 0.3 is 0 Å². The molecule has 116 valence electrons. The van der Waals surface area contributed by atoms with Crippen LogP contribution in [0.25, 0.3) is 10.4 Å². The van der Waals surface area contributed by atoms with Crippen molar-refractivity contribution in [1.29, 1.82) is 0 Å². The van der Waals surface area contributed by atoms with E-state index >= 15 is 0 Å². The number of benzene rings is 1. The van der Waals surface area contributed by atoms with Gasteiger partial charge in [0.2, 0.25) is 0 Å². The van der Waals surface area contributed by atoms with Gasteiger partial charge in [0.15, 0.2) is 0 Å². The summed E-state index contributed by atoms with van der Waals surface area (Å²) in [5.41, 5.74) is 2.05. The van der Waals surface area contributed by atoms with Gasteiger partial charge in [-0.2, -0.15) is 0 Å². The molecule has 1 amide bonds. The van der Waals surface area contributed by atoms with Gasteiger partial charge in [-0.3, -0.25) is 9.78 Å². The fourth-order valence-corrected chi connectivity index (χ4v) is 3.07. The first-order valence-electron chi connectivity index (χ1n) is 7.17. The Hall–Kier alpha value is -2.66. The van der Waals surface area contributed by atoms with Crippen molar-refractivity contribution in [3.63, 3.8) is 0 Å². The molecular formula is C18H16N2O2S. The van der Waals surface area contributed by atoms with Gasteiger partial charge in [-0.05, 0) is 53.6 Å². The van der Waals surface area contributed by atoms with E-state index in [2.05, 4.69) is 10.3 Å². The van der Waals surface area contributed by atoms with E-state index in [-0.39, 0.29) is 5.91 Å². The summed E-state index contributed by atoms with van der Waals surface area (Å²) in [4.78, 5) is 18.0. The molecule has 23 heavy (non-hydrogen) atoms. The number of ether oxygens (including phenoxy) is 1. The fourth-order valence-electron chi connectivity index (χ4n) is 2.14. The zero-order chi connectivity index (χ0) is 16.1. The summed E-state index contributed by atoms with van der Waals surface area (Å²) in [6, 6.07) is 15.4. The smallest absolute Gasteiger partial charge is 0.261 e. The Labute approximate surface area is 138 Å². The Morgan fingerprint density at radius 1 is 1.17 bits per heavy atom. The molecular weight excluding hydrogens is 308 g/mol. The number of carbonyl (C=O) groups is 1. The maximum Gasteiger partial charge on any atom is 0.261 e. The average molecular weight is 324 g/mol. The van der Waals surface area contributed by atoms with Crippen LogP contribution in [0.4, 0.5) is 0 Å². The first-order valence-corrected chi connectivity index (χ1v) is 7.99. The summed E-state index contributed by atoms with van der Waals surface area (Å²) in [5.74, 6) is 0.748. The van der Waals surface area contributed by atoms with Gasteiger partial charge in [0.1, 0.15) is 5.75 Å². The number of nitrogens with zero attached hydrogens (tertiary/aromatic N) is 1. The summed E-state index contributed by atoms with van der Waals surface area (Å²) >= 11 is 1.47. The third-order valence-electron chi connectivity index (χ3n) is 3.38. The largest absolute Gasteiger partial charge is 0.497 e. The second kappa shape index (κ2) is 7.07. The van der Waals surface area contributed by atoms with Crippen LogP contribution in [-0.4, -0.2) is 18.0 Å². The molecule has 0 spiro atoms. The van der Waals surface area contributed by atoms with Crippen LogP contribution in [0, 0.1) is 0 Å². The monoisotopic (exact) mass is 324 g/mol. The van der Waals surface area contributed by atoms with E-state index in [4.69, 9.17) is 4.74 Å². The van der Waals surface area contributed by atoms with Crippen LogP contribution < -0.4 is 10.1 Å². The van der Waals surface area contributed by atoms with E-state index in [1.165, 1.54) is 11.3 Å². The molecule has 2 aromatic heterocycles. The highest BCUT2D eigenvalue weighted by molar-refractivity contribution is 7.17. The standard InChI is InChI=1S/C18H16N2O2S/c1-22-15-6-4-14(5-7-15)16-8-9-17(23-16)18(21)20-12-13-3-2-10-19-11-13/h2-11H,12H2,1H3,(H,20,21). The van der Waals surface area contributed by atoms with E-state index in [0.717, 1.165) is 21.8 Å². The van der Waals surface area contributed by atoms with Gasteiger partial charge in [0, 0.05) is 23.8 Å². The van der Waals surface area contributed by atoms with E-state index in [0.29, 0.717) is 11.4 Å². The number of rotatable bonds is 5. The van der Waals surface area contributed by atoms with E-state index < -0.39 is 0 Å². The van der Waals surface area contributed by atoms with Crippen molar-refractivity contribution in [3.8, 4) is 16.2 Å². The quantitative estimate of drug-likeness (QED) is 0.777. The molecule has 0 atom stereocenters. The predicted molar refractivity (Wildman–Crippen MR) is 91.7 cm³/mol. The maximum absolute atomic E-state index is 12.2. The van der Waals surface area contributed by atoms with Crippen LogP contribution in [0.15, 0.2) is 60.9 Å². The second-order valence-electron chi connectivity index (χ2n) is 4.94. The molecule has 2 heterocycles. The number of hydrogen-bond donors (Lipinski definition) is 1. The highest BCUT2D eigenvalue weighted by Gasteiger charge is 2.10. The second-order valence-corrected chi connectivity index (χ2v) is 6.02. The van der Waals surface area contributed by atoms with Gasteiger partial charge in [-0.15, -0.1) is 11.3 Å². The first kappa shape index (κ1) is 15.2. The van der Waals surface area contributed by atoms with Crippen molar-refractivity contribution >= 4 is 17.2 Å². The number of aromatic nitrogens is 1. The molecule has 0 saturated heterocycles. The Bertz CT molecular complexity index is 782. The predicted octanol–water partition coefficient (Wildman–Crippen LogP) is 3.75. The molecule has 0 saturated carbocycles. The molecule has 0 fully saturated rings. The Morgan fingerprint density at radius 2 is 2.00 bits per heavy atom. The van der Waals surface area contributed by atoms with Crippen molar-refractivity contribution in [2.75, 3.05) is 7.11 Å². The highest BCUT2D eigenvalue weighted by atomic mass is 32.1. The fraction of sp³-hybridized carbons (Fsp3) is 0.111. The lowest BCUT2D eigenvalue weighted by molar-refractivity contribution is 0.0955. The van der Waals surface area contributed by atoms with Crippen molar-refractivity contribution in [3.05, 3.63) is 71.4 Å². The van der Waals surface area contributed by atoms with Gasteiger partial charge in [-0.25, -0.2) is 0 Å². The van der Waals surface area contributed by atoms with Crippen molar-refractivity contribution in [2.45, 2.75) is 6.54 Å². The summed E-state index contributed by atoms with van der Waals surface area (Å²) in [6.07, 6.45) is 3.46. The van der Waals surface area contributed by atoms with Crippen LogP contribution in [0.5, 0.6) is 5.75 Å². The Morgan fingerprint density at radius 3 is 2.70 bits per heavy atom. The normalized spacial score (nSPS) is 10.3. The Balaban J connectivity index is 1.67. The summed E-state index contributed by atoms with van der Waals surface area (Å²) in [6.45, 7) is 0.475. The number of pyridine rings is 1. The molecule has 0 unspecified atom stereocenters. The van der Waals surface area contributed by atoms with Gasteiger partial charge in [0.05, 0.1) is 12.0 Å². The van der Waals surface area contributed by atoms with Gasteiger partial charge in [0.25, 0.3) is 5.91 Å². The molecule has 4 nitrogen and oxygen atoms in total. The molecule has 0 radical (unpaired) electrons. The van der Waals surface area contributed by atoms with Crippen LogP contribution in [0.2, 0.25) is 0 Å². The molecule has 3 rings (SSSR count). The topological polar surface area (TPSA) is 51.2 Å². The summed E-state index contributed by atoms with van der Waals surface area (Å²) in [5, 5.41) is 2.91.